The van der Waals surface area contributed by atoms with Gasteiger partial charge in [0.25, 0.3) is 0 Å². The van der Waals surface area contributed by atoms with Gasteiger partial charge in [-0.15, -0.1) is 0 Å². The van der Waals surface area contributed by atoms with Crippen LogP contribution in [-0.2, 0) is 12.8 Å². The maximum atomic E-state index is 6.30. The van der Waals surface area contributed by atoms with E-state index in [2.05, 4.69) is 36.5 Å². The molecule has 2 aromatic carbocycles. The zero-order valence-electron chi connectivity index (χ0n) is 12.2. The smallest absolute Gasteiger partial charge is 0.122 e. The fourth-order valence-corrected chi connectivity index (χ4v) is 3.07. The van der Waals surface area contributed by atoms with Crippen molar-refractivity contribution in [3.63, 3.8) is 0 Å². The molecule has 1 atom stereocenters. The first kappa shape index (κ1) is 14.4. The van der Waals surface area contributed by atoms with Crippen LogP contribution < -0.4 is 10.1 Å². The molecule has 0 radical (unpaired) electrons. The van der Waals surface area contributed by atoms with E-state index in [0.29, 0.717) is 0 Å². The summed E-state index contributed by atoms with van der Waals surface area (Å²) >= 11 is 6.30. The predicted molar refractivity (Wildman–Crippen MR) is 87.2 cm³/mol. The maximum Gasteiger partial charge on any atom is 0.122 e. The molecule has 3 heteroatoms. The van der Waals surface area contributed by atoms with E-state index in [4.69, 9.17) is 16.3 Å². The van der Waals surface area contributed by atoms with Gasteiger partial charge >= 0.3 is 0 Å². The third-order valence-corrected chi connectivity index (χ3v) is 4.32. The molecule has 0 aliphatic carbocycles. The number of ether oxygens (including phenoxy) is 1. The number of nitrogens with one attached hydrogen (secondary N) is 1. The van der Waals surface area contributed by atoms with Crippen molar-refractivity contribution in [3.8, 4) is 5.75 Å². The summed E-state index contributed by atoms with van der Waals surface area (Å²) in [6.45, 7) is 3.87. The van der Waals surface area contributed by atoms with Gasteiger partial charge in [0.2, 0.25) is 0 Å². The number of hydrogen-bond donors (Lipinski definition) is 1. The Morgan fingerprint density at radius 2 is 2.10 bits per heavy atom. The molecule has 0 aromatic heterocycles. The van der Waals surface area contributed by atoms with Gasteiger partial charge in [-0.2, -0.15) is 0 Å². The first-order valence-electron chi connectivity index (χ1n) is 7.50. The lowest BCUT2D eigenvalue weighted by atomic mass is 9.96. The molecule has 0 spiro atoms. The largest absolute Gasteiger partial charge is 0.493 e. The summed E-state index contributed by atoms with van der Waals surface area (Å²) in [4.78, 5) is 0. The minimum atomic E-state index is 0.279. The van der Waals surface area contributed by atoms with Crippen molar-refractivity contribution in [3.05, 3.63) is 64.2 Å². The minimum Gasteiger partial charge on any atom is -0.493 e. The van der Waals surface area contributed by atoms with Crippen LogP contribution in [0.4, 0.5) is 0 Å². The van der Waals surface area contributed by atoms with Crippen LogP contribution >= 0.6 is 11.6 Å². The zero-order valence-corrected chi connectivity index (χ0v) is 13.0. The normalized spacial score (nSPS) is 14.6. The Morgan fingerprint density at radius 3 is 2.90 bits per heavy atom. The number of halogens is 1. The number of rotatable bonds is 5. The number of fused-ring (bicyclic) bond motifs is 1. The molecule has 0 saturated heterocycles. The van der Waals surface area contributed by atoms with Crippen molar-refractivity contribution in [1.29, 1.82) is 0 Å². The highest BCUT2D eigenvalue weighted by atomic mass is 35.5. The molecule has 3 rings (SSSR count). The molecule has 0 bridgehead atoms. The van der Waals surface area contributed by atoms with Crippen molar-refractivity contribution in [2.75, 3.05) is 13.2 Å². The highest BCUT2D eigenvalue weighted by Gasteiger charge is 2.17. The van der Waals surface area contributed by atoms with E-state index in [1.165, 1.54) is 16.7 Å². The van der Waals surface area contributed by atoms with Crippen molar-refractivity contribution in [2.45, 2.75) is 25.8 Å². The minimum absolute atomic E-state index is 0.279. The molecular weight excluding hydrogens is 282 g/mol. The topological polar surface area (TPSA) is 21.3 Å². The molecular formula is C18H20ClNO. The first-order valence-corrected chi connectivity index (χ1v) is 7.88. The summed E-state index contributed by atoms with van der Waals surface area (Å²) in [7, 11) is 0. The number of hydrogen-bond acceptors (Lipinski definition) is 2. The van der Waals surface area contributed by atoms with Gasteiger partial charge in [0.1, 0.15) is 5.75 Å². The highest BCUT2D eigenvalue weighted by Crippen LogP contribution is 2.30. The molecule has 1 heterocycles. The van der Waals surface area contributed by atoms with E-state index in [1.807, 2.05) is 18.2 Å². The predicted octanol–water partition coefficient (Wildman–Crippen LogP) is 4.17. The van der Waals surface area contributed by atoms with E-state index in [0.717, 1.165) is 36.8 Å². The van der Waals surface area contributed by atoms with Crippen LogP contribution in [0.5, 0.6) is 5.75 Å². The Balaban J connectivity index is 1.86. The standard InChI is InChI=1S/C18H20ClNO/c1-2-20-17(12-13-5-3-4-6-16(13)19)14-7-8-18-15(11-14)9-10-21-18/h3-8,11,17,20H,2,9-10,12H2,1H3. The zero-order chi connectivity index (χ0) is 14.7. The summed E-state index contributed by atoms with van der Waals surface area (Å²) in [5, 5.41) is 4.40. The summed E-state index contributed by atoms with van der Waals surface area (Å²) in [6, 6.07) is 14.9. The van der Waals surface area contributed by atoms with E-state index >= 15 is 0 Å². The van der Waals surface area contributed by atoms with Gasteiger partial charge in [0.05, 0.1) is 6.61 Å². The molecule has 0 amide bonds. The quantitative estimate of drug-likeness (QED) is 0.895. The fourth-order valence-electron chi connectivity index (χ4n) is 2.86. The molecule has 1 aliphatic heterocycles. The second-order valence-electron chi connectivity index (χ2n) is 5.37. The Bertz CT molecular complexity index is 626. The second-order valence-corrected chi connectivity index (χ2v) is 5.78. The van der Waals surface area contributed by atoms with Crippen molar-refractivity contribution < 1.29 is 4.74 Å². The molecule has 0 saturated carbocycles. The molecule has 2 aromatic rings. The average Bonchev–Trinajstić information content (AvgIpc) is 2.96. The van der Waals surface area contributed by atoms with Crippen molar-refractivity contribution >= 4 is 11.6 Å². The Kier molecular flexibility index (Phi) is 4.47. The van der Waals surface area contributed by atoms with Crippen LogP contribution in [0.25, 0.3) is 0 Å². The van der Waals surface area contributed by atoms with E-state index < -0.39 is 0 Å². The summed E-state index contributed by atoms with van der Waals surface area (Å²) in [6.07, 6.45) is 1.90. The molecule has 110 valence electrons. The Labute approximate surface area is 131 Å². The van der Waals surface area contributed by atoms with Gasteiger partial charge in [-0.25, -0.2) is 0 Å². The molecule has 1 aliphatic rings. The van der Waals surface area contributed by atoms with Crippen LogP contribution in [0.1, 0.15) is 29.7 Å². The molecule has 21 heavy (non-hydrogen) atoms. The summed E-state index contributed by atoms with van der Waals surface area (Å²) in [5.41, 5.74) is 3.80. The van der Waals surface area contributed by atoms with Crippen LogP contribution in [-0.4, -0.2) is 13.2 Å². The van der Waals surface area contributed by atoms with Gasteiger partial charge in [0, 0.05) is 17.5 Å². The fraction of sp³-hybridized carbons (Fsp3) is 0.333. The summed E-state index contributed by atoms with van der Waals surface area (Å²) in [5.74, 6) is 1.03. The Morgan fingerprint density at radius 1 is 1.24 bits per heavy atom. The highest BCUT2D eigenvalue weighted by molar-refractivity contribution is 6.31. The van der Waals surface area contributed by atoms with Crippen LogP contribution in [0, 0.1) is 0 Å². The van der Waals surface area contributed by atoms with Gasteiger partial charge < -0.3 is 10.1 Å². The van der Waals surface area contributed by atoms with Gasteiger partial charge in [-0.1, -0.05) is 48.9 Å². The van der Waals surface area contributed by atoms with E-state index in [9.17, 15) is 0 Å². The van der Waals surface area contributed by atoms with Crippen LogP contribution in [0.2, 0.25) is 5.02 Å². The lowest BCUT2D eigenvalue weighted by molar-refractivity contribution is 0.356. The maximum absolute atomic E-state index is 6.30. The number of benzene rings is 2. The molecule has 2 nitrogen and oxygen atoms in total. The average molecular weight is 302 g/mol. The first-order chi connectivity index (χ1) is 10.3. The molecule has 0 fully saturated rings. The monoisotopic (exact) mass is 301 g/mol. The third-order valence-electron chi connectivity index (χ3n) is 3.95. The molecule has 1 N–H and O–H groups in total. The van der Waals surface area contributed by atoms with Crippen LogP contribution in [0.3, 0.4) is 0 Å². The van der Waals surface area contributed by atoms with Gasteiger partial charge in [-0.3, -0.25) is 0 Å². The SMILES string of the molecule is CCNC(Cc1ccccc1Cl)c1ccc2c(c1)CCO2. The summed E-state index contributed by atoms with van der Waals surface area (Å²) < 4.78 is 5.59. The third kappa shape index (κ3) is 3.22. The van der Waals surface area contributed by atoms with Crippen molar-refractivity contribution in [1.82, 2.24) is 5.32 Å². The molecule has 1 unspecified atom stereocenters. The van der Waals surface area contributed by atoms with E-state index in [1.54, 1.807) is 0 Å². The van der Waals surface area contributed by atoms with E-state index in [-0.39, 0.29) is 6.04 Å². The second kappa shape index (κ2) is 6.50. The lowest BCUT2D eigenvalue weighted by Crippen LogP contribution is -2.23. The Hall–Kier alpha value is -1.51. The van der Waals surface area contributed by atoms with Gasteiger partial charge in [-0.05, 0) is 41.8 Å². The van der Waals surface area contributed by atoms with Crippen molar-refractivity contribution in [2.24, 2.45) is 0 Å². The van der Waals surface area contributed by atoms with Crippen LogP contribution in [0.15, 0.2) is 42.5 Å². The van der Waals surface area contributed by atoms with Gasteiger partial charge in [0.15, 0.2) is 0 Å². The number of likely N-dealkylation sites (N-methyl/N-ethyl adjacent to an activating group) is 1. The lowest BCUT2D eigenvalue weighted by Gasteiger charge is -2.20.